The van der Waals surface area contributed by atoms with Crippen LogP contribution in [0.1, 0.15) is 24.8 Å². The van der Waals surface area contributed by atoms with E-state index < -0.39 is 12.1 Å². The van der Waals surface area contributed by atoms with Crippen molar-refractivity contribution < 1.29 is 20.1 Å². The molecule has 2 saturated carbocycles. The summed E-state index contributed by atoms with van der Waals surface area (Å²) in [6.07, 6.45) is 9.77. The van der Waals surface area contributed by atoms with Gasteiger partial charge in [0.15, 0.2) is 0 Å². The largest absolute Gasteiger partial charge is 0.508 e. The fourth-order valence-corrected chi connectivity index (χ4v) is 6.70. The lowest BCUT2D eigenvalue weighted by Crippen LogP contribution is -2.50. The molecule has 0 heterocycles. The van der Waals surface area contributed by atoms with Gasteiger partial charge in [-0.3, -0.25) is 0 Å². The van der Waals surface area contributed by atoms with E-state index in [0.717, 1.165) is 19.3 Å². The molecule has 4 nitrogen and oxygen atoms in total. The summed E-state index contributed by atoms with van der Waals surface area (Å²) in [5.74, 6) is 2.36. The Morgan fingerprint density at radius 1 is 1.07 bits per heavy atom. The van der Waals surface area contributed by atoms with Crippen LogP contribution >= 0.6 is 0 Å². The number of phenolic OH excluding ortho intramolecular Hbond substituents is 1. The van der Waals surface area contributed by atoms with E-state index in [-0.39, 0.29) is 11.8 Å². The van der Waals surface area contributed by atoms with Crippen molar-refractivity contribution >= 4 is 5.97 Å². The number of carboxylic acids is 1. The number of benzene rings is 1. The molecule has 8 atom stereocenters. The van der Waals surface area contributed by atoms with Gasteiger partial charge in [-0.15, -0.1) is 0 Å². The Morgan fingerprint density at radius 3 is 2.59 bits per heavy atom. The number of phenols is 1. The van der Waals surface area contributed by atoms with Crippen molar-refractivity contribution in [2.45, 2.75) is 31.8 Å². The fourth-order valence-electron chi connectivity index (χ4n) is 6.70. The first-order valence-corrected chi connectivity index (χ1v) is 10.1. The predicted molar refractivity (Wildman–Crippen MR) is 101 cm³/mol. The van der Waals surface area contributed by atoms with Crippen molar-refractivity contribution in [2.75, 3.05) is 0 Å². The van der Waals surface area contributed by atoms with Gasteiger partial charge in [-0.1, -0.05) is 24.3 Å². The maximum absolute atomic E-state index is 11.6. The molecule has 0 amide bonds. The number of carboxylic acid groups (broad SMARTS) is 1. The van der Waals surface area contributed by atoms with Crippen molar-refractivity contribution in [1.29, 1.82) is 0 Å². The quantitative estimate of drug-likeness (QED) is 0.698. The lowest BCUT2D eigenvalue weighted by atomic mass is 9.50. The number of aryl methyl sites for hydroxylation is 1. The van der Waals surface area contributed by atoms with Crippen molar-refractivity contribution in [1.82, 2.24) is 0 Å². The van der Waals surface area contributed by atoms with E-state index in [2.05, 4.69) is 12.2 Å². The minimum absolute atomic E-state index is 0.0138. The Hall–Kier alpha value is -2.07. The molecule has 5 rings (SSSR count). The molecule has 3 N–H and O–H groups in total. The van der Waals surface area contributed by atoms with Gasteiger partial charge in [-0.25, -0.2) is 4.79 Å². The van der Waals surface area contributed by atoms with Gasteiger partial charge in [0.1, 0.15) is 5.75 Å². The molecule has 0 aromatic heterocycles. The van der Waals surface area contributed by atoms with Gasteiger partial charge in [0, 0.05) is 11.5 Å². The molecule has 142 valence electrons. The van der Waals surface area contributed by atoms with Crippen LogP contribution in [0, 0.1) is 41.4 Å². The third-order valence-electron chi connectivity index (χ3n) is 7.76. The molecule has 1 aromatic rings. The second-order valence-electron chi connectivity index (χ2n) is 8.85. The zero-order chi connectivity index (χ0) is 18.7. The molecular weight excluding hydrogens is 340 g/mol. The van der Waals surface area contributed by atoms with Crippen LogP contribution in [0.5, 0.6) is 5.75 Å². The van der Waals surface area contributed by atoms with Crippen LogP contribution in [-0.2, 0) is 11.2 Å². The molecule has 27 heavy (non-hydrogen) atoms. The first kappa shape index (κ1) is 17.1. The van der Waals surface area contributed by atoms with Gasteiger partial charge in [0.05, 0.1) is 6.10 Å². The Bertz CT molecular complexity index is 808. The summed E-state index contributed by atoms with van der Waals surface area (Å²) in [4.78, 5) is 11.6. The molecule has 0 radical (unpaired) electrons. The third kappa shape index (κ3) is 2.57. The highest BCUT2D eigenvalue weighted by Crippen LogP contribution is 2.67. The monoisotopic (exact) mass is 366 g/mol. The number of aromatic hydroxyl groups is 1. The van der Waals surface area contributed by atoms with Crippen LogP contribution in [0.25, 0.3) is 0 Å². The Labute approximate surface area is 159 Å². The summed E-state index contributed by atoms with van der Waals surface area (Å²) >= 11 is 0. The number of hydrogen-bond donors (Lipinski definition) is 3. The van der Waals surface area contributed by atoms with Crippen LogP contribution in [0.3, 0.4) is 0 Å². The standard InChI is InChI=1S/C23H26O4/c24-13-6-4-12(5-7-13)2-1-3-14-15-8-9-16-18(23(26)27)11-20(25)19-10-17(14)21(15)22(16)19/h4-9,11,14-17,19-22,24-25H,1-3,10H2,(H,26,27)/t14-,15-,16+,17+,19+,20-,21-,22+/m1/s1. The molecule has 0 saturated heterocycles. The van der Waals surface area contributed by atoms with Gasteiger partial charge >= 0.3 is 5.97 Å². The second-order valence-corrected chi connectivity index (χ2v) is 8.85. The lowest BCUT2D eigenvalue weighted by Gasteiger charge is -2.54. The first-order valence-electron chi connectivity index (χ1n) is 10.1. The molecule has 4 heteroatoms. The normalized spacial score (nSPS) is 40.9. The van der Waals surface area contributed by atoms with E-state index >= 15 is 0 Å². The summed E-state index contributed by atoms with van der Waals surface area (Å²) < 4.78 is 0. The number of hydrogen-bond acceptors (Lipinski definition) is 3. The van der Waals surface area contributed by atoms with Crippen molar-refractivity contribution in [3.05, 3.63) is 53.6 Å². The number of allylic oxidation sites excluding steroid dienone is 2. The average Bonchev–Trinajstić information content (AvgIpc) is 3.01. The maximum Gasteiger partial charge on any atom is 0.331 e. The maximum atomic E-state index is 11.6. The SMILES string of the molecule is O=C(O)C1=C[C@@H](O)[C@@H]2C[C@H]3[C@H](CCCc4ccc(O)cc4)[C@H]4C=C[C@@H]1[C@@H]2[C@H]43. The van der Waals surface area contributed by atoms with E-state index in [1.807, 2.05) is 12.1 Å². The van der Waals surface area contributed by atoms with Crippen molar-refractivity contribution in [3.63, 3.8) is 0 Å². The van der Waals surface area contributed by atoms with E-state index in [4.69, 9.17) is 0 Å². The highest BCUT2D eigenvalue weighted by molar-refractivity contribution is 5.88. The minimum atomic E-state index is -0.881. The van der Waals surface area contributed by atoms with E-state index in [1.165, 1.54) is 12.0 Å². The highest BCUT2D eigenvalue weighted by atomic mass is 16.4. The highest BCUT2D eigenvalue weighted by Gasteiger charge is 2.63. The van der Waals surface area contributed by atoms with Crippen molar-refractivity contribution in [3.8, 4) is 5.75 Å². The zero-order valence-electron chi connectivity index (χ0n) is 15.2. The number of aliphatic carboxylic acids is 1. The Kier molecular flexibility index (Phi) is 3.94. The van der Waals surface area contributed by atoms with Crippen molar-refractivity contribution in [2.24, 2.45) is 41.4 Å². The topological polar surface area (TPSA) is 77.8 Å². The predicted octanol–water partition coefficient (Wildman–Crippen LogP) is 3.40. The molecule has 0 aliphatic heterocycles. The van der Waals surface area contributed by atoms with Gasteiger partial charge < -0.3 is 15.3 Å². The number of carbonyl (C=O) groups is 1. The number of aliphatic hydroxyl groups excluding tert-OH is 1. The van der Waals surface area contributed by atoms with Crippen LogP contribution in [0.15, 0.2) is 48.1 Å². The first-order chi connectivity index (χ1) is 13.0. The summed E-state index contributed by atoms with van der Waals surface area (Å²) in [5, 5.41) is 29.5. The summed E-state index contributed by atoms with van der Waals surface area (Å²) in [6.45, 7) is 0. The molecule has 0 spiro atoms. The summed E-state index contributed by atoms with van der Waals surface area (Å²) in [5.41, 5.74) is 1.66. The smallest absolute Gasteiger partial charge is 0.331 e. The molecule has 0 unspecified atom stereocenters. The molecule has 4 aliphatic carbocycles. The molecule has 0 bridgehead atoms. The molecule has 2 fully saturated rings. The third-order valence-corrected chi connectivity index (χ3v) is 7.76. The van der Waals surface area contributed by atoms with Gasteiger partial charge in [-0.05, 0) is 85.0 Å². The minimum Gasteiger partial charge on any atom is -0.508 e. The lowest BCUT2D eigenvalue weighted by molar-refractivity contribution is -0.134. The summed E-state index contributed by atoms with van der Waals surface area (Å²) in [7, 11) is 0. The van der Waals surface area contributed by atoms with Gasteiger partial charge in [0.2, 0.25) is 0 Å². The van der Waals surface area contributed by atoms with E-state index in [0.29, 0.717) is 40.9 Å². The average molecular weight is 366 g/mol. The van der Waals surface area contributed by atoms with E-state index in [1.54, 1.807) is 18.2 Å². The number of aliphatic hydroxyl groups is 1. The van der Waals surface area contributed by atoms with E-state index in [9.17, 15) is 20.1 Å². The zero-order valence-corrected chi connectivity index (χ0v) is 15.2. The Balaban J connectivity index is 1.29. The van der Waals surface area contributed by atoms with Crippen LogP contribution in [0.2, 0.25) is 0 Å². The fraction of sp³-hybridized carbons (Fsp3) is 0.522. The molecular formula is C23H26O4. The van der Waals surface area contributed by atoms with Crippen LogP contribution in [-0.4, -0.2) is 27.4 Å². The van der Waals surface area contributed by atoms with Gasteiger partial charge in [-0.2, -0.15) is 0 Å². The van der Waals surface area contributed by atoms with Gasteiger partial charge in [0.25, 0.3) is 0 Å². The van der Waals surface area contributed by atoms with Crippen LogP contribution in [0.4, 0.5) is 0 Å². The second kappa shape index (κ2) is 6.23. The van der Waals surface area contributed by atoms with Crippen LogP contribution < -0.4 is 0 Å². The molecule has 1 aromatic carbocycles. The Morgan fingerprint density at radius 2 is 1.85 bits per heavy atom. The molecule has 4 aliphatic rings. The number of rotatable bonds is 5. The summed E-state index contributed by atoms with van der Waals surface area (Å²) in [6, 6.07) is 7.47.